The maximum absolute atomic E-state index is 6.51. The summed E-state index contributed by atoms with van der Waals surface area (Å²) >= 11 is 0. The van der Waals surface area contributed by atoms with E-state index in [1.54, 1.807) is 0 Å². The molecule has 1 atom stereocenters. The van der Waals surface area contributed by atoms with Crippen LogP contribution in [0.4, 0.5) is 0 Å². The molecule has 0 fully saturated rings. The van der Waals surface area contributed by atoms with Crippen LogP contribution in [0.5, 0.6) is 0 Å². The second kappa shape index (κ2) is 6.61. The Morgan fingerprint density at radius 3 is 1.96 bits per heavy atom. The van der Waals surface area contributed by atoms with Gasteiger partial charge in [-0.15, -0.1) is 0 Å². The molecule has 5 rings (SSSR count). The molecule has 1 aliphatic rings. The topological polar surface area (TPSA) is 27.1 Å². The Balaban J connectivity index is 1.69. The summed E-state index contributed by atoms with van der Waals surface area (Å²) in [6.45, 7) is 0. The van der Waals surface area contributed by atoms with Crippen molar-refractivity contribution in [3.63, 3.8) is 0 Å². The zero-order chi connectivity index (χ0) is 18.1. The summed E-state index contributed by atoms with van der Waals surface area (Å²) in [7, 11) is 0. The molecule has 1 unspecified atom stereocenters. The highest BCUT2D eigenvalue weighted by molar-refractivity contribution is 5.75. The highest BCUT2D eigenvalue weighted by atomic mass is 16.5. The van der Waals surface area contributed by atoms with E-state index in [2.05, 4.69) is 41.0 Å². The Morgan fingerprint density at radius 1 is 0.704 bits per heavy atom. The van der Waals surface area contributed by atoms with Gasteiger partial charge in [-0.1, -0.05) is 91.0 Å². The highest BCUT2D eigenvalue weighted by Gasteiger charge is 2.29. The number of fused-ring (bicyclic) bond motifs is 1. The third kappa shape index (κ3) is 2.83. The minimum atomic E-state index is -0.218. The molecule has 4 aromatic rings. The lowest BCUT2D eigenvalue weighted by molar-refractivity contribution is 0.197. The average molecular weight is 350 g/mol. The van der Waals surface area contributed by atoms with Gasteiger partial charge in [0.1, 0.15) is 5.76 Å². The highest BCUT2D eigenvalue weighted by Crippen LogP contribution is 2.40. The molecule has 3 nitrogen and oxygen atoms in total. The first-order chi connectivity index (χ1) is 13.4. The lowest BCUT2D eigenvalue weighted by Gasteiger charge is -2.27. The number of hydrogen-bond donors (Lipinski definition) is 0. The van der Waals surface area contributed by atoms with Gasteiger partial charge in [-0.05, 0) is 5.56 Å². The van der Waals surface area contributed by atoms with E-state index in [1.807, 2.05) is 67.1 Å². The predicted molar refractivity (Wildman–Crippen MR) is 108 cm³/mol. The van der Waals surface area contributed by atoms with Crippen LogP contribution in [-0.4, -0.2) is 9.55 Å². The quantitative estimate of drug-likeness (QED) is 0.479. The van der Waals surface area contributed by atoms with E-state index in [4.69, 9.17) is 9.72 Å². The zero-order valence-corrected chi connectivity index (χ0v) is 14.7. The van der Waals surface area contributed by atoms with Gasteiger partial charge >= 0.3 is 0 Å². The van der Waals surface area contributed by atoms with Crippen molar-refractivity contribution in [1.82, 2.24) is 9.55 Å². The number of aromatic nitrogens is 2. The van der Waals surface area contributed by atoms with Gasteiger partial charge in [-0.25, -0.2) is 4.98 Å². The van der Waals surface area contributed by atoms with Gasteiger partial charge in [0.05, 0.1) is 23.9 Å². The van der Waals surface area contributed by atoms with Crippen LogP contribution >= 0.6 is 0 Å². The number of imidazole rings is 1. The molecule has 0 saturated carbocycles. The molecule has 0 amide bonds. The van der Waals surface area contributed by atoms with Crippen LogP contribution in [0.15, 0.2) is 97.3 Å². The van der Waals surface area contributed by atoms with E-state index in [-0.39, 0.29) is 6.10 Å². The third-order valence-corrected chi connectivity index (χ3v) is 4.79. The summed E-state index contributed by atoms with van der Waals surface area (Å²) in [6, 6.07) is 30.8. The normalized spacial score (nSPS) is 15.6. The summed E-state index contributed by atoms with van der Waals surface area (Å²) in [5, 5.41) is 0. The maximum Gasteiger partial charge on any atom is 0.166 e. The van der Waals surface area contributed by atoms with Crippen LogP contribution in [0, 0.1) is 0 Å². The molecule has 0 aliphatic carbocycles. The van der Waals surface area contributed by atoms with E-state index < -0.39 is 0 Å². The van der Waals surface area contributed by atoms with Crippen molar-refractivity contribution in [3.8, 4) is 11.3 Å². The summed E-state index contributed by atoms with van der Waals surface area (Å²) in [5.41, 5.74) is 5.25. The number of hydrogen-bond acceptors (Lipinski definition) is 2. The van der Waals surface area contributed by atoms with Crippen molar-refractivity contribution in [2.45, 2.75) is 6.10 Å². The molecule has 0 saturated heterocycles. The van der Waals surface area contributed by atoms with Gasteiger partial charge in [0.2, 0.25) is 0 Å². The molecule has 130 valence electrons. The van der Waals surface area contributed by atoms with Crippen LogP contribution < -0.4 is 0 Å². The molecule has 27 heavy (non-hydrogen) atoms. The lowest BCUT2D eigenvalue weighted by atomic mass is 10.00. The van der Waals surface area contributed by atoms with Gasteiger partial charge < -0.3 is 9.30 Å². The Kier molecular flexibility index (Phi) is 3.83. The Bertz CT molecular complexity index is 1080. The molecule has 2 heterocycles. The Hall–Kier alpha value is -3.59. The van der Waals surface area contributed by atoms with E-state index >= 15 is 0 Å². The van der Waals surface area contributed by atoms with Crippen molar-refractivity contribution < 1.29 is 4.74 Å². The van der Waals surface area contributed by atoms with Crippen molar-refractivity contribution >= 4 is 12.0 Å². The van der Waals surface area contributed by atoms with Crippen molar-refractivity contribution in [1.29, 1.82) is 0 Å². The molecule has 3 heteroatoms. The monoisotopic (exact) mass is 350 g/mol. The van der Waals surface area contributed by atoms with Crippen LogP contribution in [0.3, 0.4) is 0 Å². The molecular formula is C24H18N2O. The minimum Gasteiger partial charge on any atom is -0.477 e. The SMILES string of the molecule is C1=C(c2ccccc2)OC(c2ccccc2)c2c(-c3ccccc3)ncn21. The average Bonchev–Trinajstić information content (AvgIpc) is 3.19. The fourth-order valence-corrected chi connectivity index (χ4v) is 3.49. The number of nitrogens with zero attached hydrogens (tertiary/aromatic N) is 2. The second-order valence-corrected chi connectivity index (χ2v) is 6.52. The summed E-state index contributed by atoms with van der Waals surface area (Å²) in [6.07, 6.45) is 3.67. The smallest absolute Gasteiger partial charge is 0.166 e. The standard InChI is InChI=1S/C24H18N2O/c1-4-10-18(11-5-1)21-16-26-17-25-22(19-12-6-2-7-13-19)23(26)24(27-21)20-14-8-3-9-15-20/h1-17,24H. The molecule has 1 aromatic heterocycles. The van der Waals surface area contributed by atoms with Gasteiger partial charge in [0, 0.05) is 11.1 Å². The first kappa shape index (κ1) is 15.6. The lowest BCUT2D eigenvalue weighted by Crippen LogP contribution is -2.15. The van der Waals surface area contributed by atoms with Crippen molar-refractivity contribution in [3.05, 3.63) is 114 Å². The summed E-state index contributed by atoms with van der Waals surface area (Å²) < 4.78 is 8.59. The van der Waals surface area contributed by atoms with Gasteiger partial charge in [-0.3, -0.25) is 0 Å². The van der Waals surface area contributed by atoms with E-state index in [0.29, 0.717) is 0 Å². The first-order valence-electron chi connectivity index (χ1n) is 9.01. The molecular weight excluding hydrogens is 332 g/mol. The summed E-state index contributed by atoms with van der Waals surface area (Å²) in [4.78, 5) is 4.71. The van der Waals surface area contributed by atoms with Crippen LogP contribution in [0.2, 0.25) is 0 Å². The van der Waals surface area contributed by atoms with E-state index in [0.717, 1.165) is 33.8 Å². The number of ether oxygens (including phenoxy) is 1. The Labute approximate surface area is 158 Å². The van der Waals surface area contributed by atoms with Crippen molar-refractivity contribution in [2.75, 3.05) is 0 Å². The second-order valence-electron chi connectivity index (χ2n) is 6.52. The van der Waals surface area contributed by atoms with Gasteiger partial charge in [-0.2, -0.15) is 0 Å². The Morgan fingerprint density at radius 2 is 1.30 bits per heavy atom. The van der Waals surface area contributed by atoms with Gasteiger partial charge in [0.25, 0.3) is 0 Å². The molecule has 0 spiro atoms. The fourth-order valence-electron chi connectivity index (χ4n) is 3.49. The molecule has 0 N–H and O–H groups in total. The third-order valence-electron chi connectivity index (χ3n) is 4.79. The molecule has 3 aromatic carbocycles. The van der Waals surface area contributed by atoms with Crippen LogP contribution in [0.1, 0.15) is 22.9 Å². The zero-order valence-electron chi connectivity index (χ0n) is 14.7. The molecule has 1 aliphatic heterocycles. The first-order valence-corrected chi connectivity index (χ1v) is 9.01. The van der Waals surface area contributed by atoms with Crippen LogP contribution in [-0.2, 0) is 4.74 Å². The van der Waals surface area contributed by atoms with Gasteiger partial charge in [0.15, 0.2) is 6.10 Å². The number of rotatable bonds is 3. The molecule has 0 radical (unpaired) electrons. The van der Waals surface area contributed by atoms with E-state index in [9.17, 15) is 0 Å². The molecule has 0 bridgehead atoms. The fraction of sp³-hybridized carbons (Fsp3) is 0.0417. The maximum atomic E-state index is 6.51. The number of benzene rings is 3. The minimum absolute atomic E-state index is 0.218. The van der Waals surface area contributed by atoms with Crippen LogP contribution in [0.25, 0.3) is 23.2 Å². The largest absolute Gasteiger partial charge is 0.477 e. The van der Waals surface area contributed by atoms with E-state index in [1.165, 1.54) is 0 Å². The summed E-state index contributed by atoms with van der Waals surface area (Å²) in [5.74, 6) is 0.842. The predicted octanol–water partition coefficient (Wildman–Crippen LogP) is 5.63. The van der Waals surface area contributed by atoms with Crippen molar-refractivity contribution in [2.24, 2.45) is 0 Å².